The maximum Gasteiger partial charge on any atom is 0.305 e. The molecule has 0 unspecified atom stereocenters. The molecule has 2 rings (SSSR count). The average molecular weight is 289 g/mol. The molecule has 2 aromatic rings. The van der Waals surface area contributed by atoms with Crippen LogP contribution in [0.1, 0.15) is 11.1 Å². The van der Waals surface area contributed by atoms with Crippen molar-refractivity contribution in [3.05, 3.63) is 69.3 Å². The van der Waals surface area contributed by atoms with E-state index in [1.807, 2.05) is 6.07 Å². The summed E-state index contributed by atoms with van der Waals surface area (Å²) >= 11 is 0. The largest absolute Gasteiger partial charge is 0.381 e. The third kappa shape index (κ3) is 3.30. The molecular weight excluding hydrogens is 280 g/mol. The first-order chi connectivity index (χ1) is 10.0. The highest BCUT2D eigenvalue weighted by atomic mass is 19.1. The Morgan fingerprint density at radius 1 is 1.19 bits per heavy atom. The highest BCUT2D eigenvalue weighted by molar-refractivity contribution is 5.48. The van der Waals surface area contributed by atoms with Crippen LogP contribution in [0.2, 0.25) is 0 Å². The summed E-state index contributed by atoms with van der Waals surface area (Å²) in [7, 11) is 0. The number of nitrogens with zero attached hydrogens (tertiary/aromatic N) is 2. The quantitative estimate of drug-likeness (QED) is 0.691. The molecule has 0 radical (unpaired) electrons. The number of nitro groups is 1. The van der Waals surface area contributed by atoms with Gasteiger partial charge in [-0.25, -0.2) is 4.39 Å². The van der Waals surface area contributed by atoms with Crippen LogP contribution in [-0.2, 0) is 6.54 Å². The number of anilines is 1. The Labute approximate surface area is 118 Å². The fraction of sp³-hybridized carbons (Fsp3) is 0.0714. The van der Waals surface area contributed by atoms with E-state index in [1.54, 1.807) is 24.3 Å². The molecule has 0 aliphatic rings. The summed E-state index contributed by atoms with van der Waals surface area (Å²) in [6, 6.07) is 9.70. The average Bonchev–Trinajstić information content (AvgIpc) is 2.46. The Morgan fingerprint density at radius 3 is 2.43 bits per heavy atom. The summed E-state index contributed by atoms with van der Waals surface area (Å²) in [5.41, 5.74) is 0.296. The third-order valence-electron chi connectivity index (χ3n) is 2.81. The summed E-state index contributed by atoms with van der Waals surface area (Å²) in [6.07, 6.45) is 0. The molecule has 0 amide bonds. The number of nitrogens with one attached hydrogen (secondary N) is 1. The summed E-state index contributed by atoms with van der Waals surface area (Å²) in [6.45, 7) is -0.0428. The minimum atomic E-state index is -1.21. The maximum absolute atomic E-state index is 13.6. The van der Waals surface area contributed by atoms with E-state index < -0.39 is 22.2 Å². The molecule has 0 heterocycles. The molecule has 0 aliphatic heterocycles. The van der Waals surface area contributed by atoms with Crippen LogP contribution in [0.4, 0.5) is 20.2 Å². The Kier molecular flexibility index (Phi) is 4.09. The minimum Gasteiger partial charge on any atom is -0.381 e. The van der Waals surface area contributed by atoms with Gasteiger partial charge in [0.15, 0.2) is 0 Å². The Hall–Kier alpha value is -3.01. The zero-order chi connectivity index (χ0) is 15.4. The van der Waals surface area contributed by atoms with Gasteiger partial charge in [-0.3, -0.25) is 10.1 Å². The molecule has 0 spiro atoms. The number of benzene rings is 2. The molecular formula is C14H9F2N3O2. The second-order valence-electron chi connectivity index (χ2n) is 4.19. The molecule has 1 N–H and O–H groups in total. The summed E-state index contributed by atoms with van der Waals surface area (Å²) in [4.78, 5) is 9.72. The lowest BCUT2D eigenvalue weighted by Gasteiger charge is -2.08. The number of hydrogen-bond acceptors (Lipinski definition) is 4. The molecule has 0 fully saturated rings. The highest BCUT2D eigenvalue weighted by Gasteiger charge is 2.18. The second kappa shape index (κ2) is 5.96. The van der Waals surface area contributed by atoms with E-state index in [2.05, 4.69) is 5.32 Å². The number of nitro benzene ring substituents is 1. The molecule has 2 aromatic carbocycles. The number of halogens is 2. The van der Waals surface area contributed by atoms with Crippen molar-refractivity contribution in [3.63, 3.8) is 0 Å². The zero-order valence-electron chi connectivity index (χ0n) is 10.6. The molecule has 0 saturated carbocycles. The van der Waals surface area contributed by atoms with E-state index in [0.29, 0.717) is 17.3 Å². The monoisotopic (exact) mass is 289 g/mol. The van der Waals surface area contributed by atoms with Gasteiger partial charge in [0.2, 0.25) is 5.82 Å². The SMILES string of the molecule is N#Cc1ccc(NCc2cc([N+](=O)[O-])c(F)cc2F)cc1. The van der Waals surface area contributed by atoms with Gasteiger partial charge in [0.05, 0.1) is 16.6 Å². The van der Waals surface area contributed by atoms with Crippen LogP contribution in [0.5, 0.6) is 0 Å². The third-order valence-corrected chi connectivity index (χ3v) is 2.81. The molecule has 21 heavy (non-hydrogen) atoms. The van der Waals surface area contributed by atoms with E-state index in [4.69, 9.17) is 5.26 Å². The number of rotatable bonds is 4. The lowest BCUT2D eigenvalue weighted by atomic mass is 10.1. The molecule has 0 atom stereocenters. The van der Waals surface area contributed by atoms with Crippen LogP contribution < -0.4 is 5.32 Å². The van der Waals surface area contributed by atoms with E-state index in [9.17, 15) is 18.9 Å². The Balaban J connectivity index is 2.17. The number of hydrogen-bond donors (Lipinski definition) is 1. The van der Waals surface area contributed by atoms with Gasteiger partial charge in [0.25, 0.3) is 0 Å². The predicted molar refractivity (Wildman–Crippen MR) is 71.5 cm³/mol. The van der Waals surface area contributed by atoms with E-state index in [-0.39, 0.29) is 12.1 Å². The van der Waals surface area contributed by atoms with E-state index in [1.165, 1.54) is 0 Å². The first-order valence-corrected chi connectivity index (χ1v) is 5.87. The smallest absolute Gasteiger partial charge is 0.305 e. The highest BCUT2D eigenvalue weighted by Crippen LogP contribution is 2.22. The van der Waals surface area contributed by atoms with Gasteiger partial charge in [-0.2, -0.15) is 9.65 Å². The standard InChI is InChI=1S/C14H9F2N3O2/c15-12-6-13(16)14(19(20)21)5-10(12)8-18-11-3-1-9(7-17)2-4-11/h1-6,18H,8H2. The first-order valence-electron chi connectivity index (χ1n) is 5.87. The van der Waals surface area contributed by atoms with Crippen molar-refractivity contribution in [3.8, 4) is 6.07 Å². The lowest BCUT2D eigenvalue weighted by molar-refractivity contribution is -0.387. The van der Waals surface area contributed by atoms with Crippen molar-refractivity contribution >= 4 is 11.4 Å². The van der Waals surface area contributed by atoms with Gasteiger partial charge in [0.1, 0.15) is 5.82 Å². The molecule has 0 aromatic heterocycles. The molecule has 106 valence electrons. The lowest BCUT2D eigenvalue weighted by Crippen LogP contribution is -2.04. The first kappa shape index (κ1) is 14.4. The van der Waals surface area contributed by atoms with Crippen molar-refractivity contribution in [1.29, 1.82) is 5.26 Å². The summed E-state index contributed by atoms with van der Waals surface area (Å²) in [5, 5.41) is 22.1. The van der Waals surface area contributed by atoms with Crippen LogP contribution >= 0.6 is 0 Å². The van der Waals surface area contributed by atoms with Crippen molar-refractivity contribution in [2.24, 2.45) is 0 Å². The van der Waals surface area contributed by atoms with Crippen LogP contribution in [0.25, 0.3) is 0 Å². The molecule has 0 bridgehead atoms. The van der Waals surface area contributed by atoms with Gasteiger partial charge < -0.3 is 5.32 Å². The van der Waals surface area contributed by atoms with Crippen molar-refractivity contribution in [1.82, 2.24) is 0 Å². The summed E-state index contributed by atoms with van der Waals surface area (Å²) < 4.78 is 26.8. The topological polar surface area (TPSA) is 79.0 Å². The minimum absolute atomic E-state index is 0.0209. The molecule has 0 saturated heterocycles. The Morgan fingerprint density at radius 2 is 1.86 bits per heavy atom. The fourth-order valence-electron chi connectivity index (χ4n) is 1.72. The normalized spacial score (nSPS) is 9.95. The van der Waals surface area contributed by atoms with Gasteiger partial charge in [-0.05, 0) is 24.3 Å². The van der Waals surface area contributed by atoms with Crippen molar-refractivity contribution in [2.75, 3.05) is 5.32 Å². The second-order valence-corrected chi connectivity index (χ2v) is 4.19. The van der Waals surface area contributed by atoms with Gasteiger partial charge in [-0.1, -0.05) is 0 Å². The van der Waals surface area contributed by atoms with Gasteiger partial charge in [-0.15, -0.1) is 0 Å². The fourth-order valence-corrected chi connectivity index (χ4v) is 1.72. The van der Waals surface area contributed by atoms with E-state index in [0.717, 1.165) is 6.07 Å². The molecule has 0 aliphatic carbocycles. The molecule has 7 heteroatoms. The van der Waals surface area contributed by atoms with Crippen molar-refractivity contribution < 1.29 is 13.7 Å². The zero-order valence-corrected chi connectivity index (χ0v) is 10.6. The van der Waals surface area contributed by atoms with E-state index >= 15 is 0 Å². The van der Waals surface area contributed by atoms with Crippen LogP contribution in [0, 0.1) is 33.1 Å². The predicted octanol–water partition coefficient (Wildman–Crippen LogP) is 3.36. The van der Waals surface area contributed by atoms with Crippen molar-refractivity contribution in [2.45, 2.75) is 6.54 Å². The maximum atomic E-state index is 13.6. The Bertz CT molecular complexity index is 724. The van der Waals surface area contributed by atoms with Crippen LogP contribution in [-0.4, -0.2) is 4.92 Å². The van der Waals surface area contributed by atoms with Crippen LogP contribution in [0.3, 0.4) is 0 Å². The summed E-state index contributed by atoms with van der Waals surface area (Å²) in [5.74, 6) is -2.07. The van der Waals surface area contributed by atoms with Gasteiger partial charge >= 0.3 is 5.69 Å². The van der Waals surface area contributed by atoms with Gasteiger partial charge in [0, 0.05) is 29.9 Å². The molecule has 5 nitrogen and oxygen atoms in total. The number of nitriles is 1. The van der Waals surface area contributed by atoms with Crippen LogP contribution in [0.15, 0.2) is 36.4 Å².